The van der Waals surface area contributed by atoms with Crippen molar-refractivity contribution in [3.05, 3.63) is 23.8 Å². The summed E-state index contributed by atoms with van der Waals surface area (Å²) >= 11 is 0. The number of likely N-dealkylation sites (tertiary alicyclic amines) is 1. The minimum Gasteiger partial charge on any atom is -0.497 e. The summed E-state index contributed by atoms with van der Waals surface area (Å²) in [4.78, 5) is 13.9. The highest BCUT2D eigenvalue weighted by molar-refractivity contribution is 5.68. The van der Waals surface area contributed by atoms with E-state index in [1.807, 2.05) is 37.8 Å². The number of ether oxygens (including phenoxy) is 2. The Labute approximate surface area is 145 Å². The number of benzene rings is 1. The summed E-state index contributed by atoms with van der Waals surface area (Å²) < 4.78 is 10.7. The van der Waals surface area contributed by atoms with Crippen molar-refractivity contribution >= 4 is 11.8 Å². The minimum atomic E-state index is -0.429. The molecule has 5 nitrogen and oxygen atoms in total. The van der Waals surface area contributed by atoms with E-state index in [4.69, 9.17) is 9.47 Å². The Kier molecular flexibility index (Phi) is 5.97. The van der Waals surface area contributed by atoms with Crippen molar-refractivity contribution in [1.29, 1.82) is 0 Å². The summed E-state index contributed by atoms with van der Waals surface area (Å²) in [5.41, 5.74) is 1.90. The van der Waals surface area contributed by atoms with Crippen LogP contribution in [0.2, 0.25) is 0 Å². The highest BCUT2D eigenvalue weighted by Crippen LogP contribution is 2.24. The van der Waals surface area contributed by atoms with E-state index in [0.29, 0.717) is 5.92 Å². The van der Waals surface area contributed by atoms with Crippen LogP contribution < -0.4 is 10.1 Å². The standard InChI is InChI=1S/C19H30N2O3/c1-14-12-16(23-5)6-7-17(14)20-13-15-8-10-21(11-9-15)18(22)24-19(2,3)4/h6-7,12,15,20H,8-11,13H2,1-5H3. The Morgan fingerprint density at radius 2 is 1.96 bits per heavy atom. The molecule has 0 spiro atoms. The molecule has 0 aromatic heterocycles. The second-order valence-electron chi connectivity index (χ2n) is 7.47. The normalized spacial score (nSPS) is 16.0. The number of amides is 1. The van der Waals surface area contributed by atoms with Crippen LogP contribution in [0.3, 0.4) is 0 Å². The Balaban J connectivity index is 1.78. The molecule has 0 radical (unpaired) electrons. The third-order valence-corrected chi connectivity index (χ3v) is 4.28. The molecule has 0 bridgehead atoms. The Morgan fingerprint density at radius 1 is 1.29 bits per heavy atom. The first kappa shape index (κ1) is 18.4. The lowest BCUT2D eigenvalue weighted by molar-refractivity contribution is 0.0188. The van der Waals surface area contributed by atoms with Gasteiger partial charge < -0.3 is 19.7 Å². The van der Waals surface area contributed by atoms with E-state index in [2.05, 4.69) is 18.3 Å². The molecule has 1 saturated heterocycles. The summed E-state index contributed by atoms with van der Waals surface area (Å²) in [5.74, 6) is 1.45. The molecule has 0 saturated carbocycles. The monoisotopic (exact) mass is 334 g/mol. The van der Waals surface area contributed by atoms with Gasteiger partial charge in [-0.25, -0.2) is 4.79 Å². The smallest absolute Gasteiger partial charge is 0.410 e. The molecule has 1 aliphatic rings. The molecule has 1 fully saturated rings. The van der Waals surface area contributed by atoms with Crippen LogP contribution in [0.1, 0.15) is 39.2 Å². The fourth-order valence-electron chi connectivity index (χ4n) is 2.86. The van der Waals surface area contributed by atoms with Crippen LogP contribution in [0.25, 0.3) is 0 Å². The molecule has 1 aromatic carbocycles. The van der Waals surface area contributed by atoms with Gasteiger partial charge in [-0.15, -0.1) is 0 Å². The van der Waals surface area contributed by atoms with Crippen LogP contribution in [-0.2, 0) is 4.74 Å². The van der Waals surface area contributed by atoms with Gasteiger partial charge in [0.05, 0.1) is 7.11 Å². The van der Waals surface area contributed by atoms with Crippen LogP contribution in [0, 0.1) is 12.8 Å². The summed E-state index contributed by atoms with van der Waals surface area (Å²) in [6.45, 7) is 10.2. The minimum absolute atomic E-state index is 0.195. The number of nitrogens with one attached hydrogen (secondary N) is 1. The molecule has 1 heterocycles. The van der Waals surface area contributed by atoms with Gasteiger partial charge in [-0.05, 0) is 70.2 Å². The van der Waals surface area contributed by atoms with E-state index < -0.39 is 5.60 Å². The van der Waals surface area contributed by atoms with E-state index in [1.54, 1.807) is 7.11 Å². The molecule has 24 heavy (non-hydrogen) atoms. The number of nitrogens with zero attached hydrogens (tertiary/aromatic N) is 1. The number of methoxy groups -OCH3 is 1. The molecule has 0 atom stereocenters. The molecular weight excluding hydrogens is 304 g/mol. The number of carbonyl (C=O) groups is 1. The van der Waals surface area contributed by atoms with E-state index in [1.165, 1.54) is 5.56 Å². The van der Waals surface area contributed by atoms with E-state index >= 15 is 0 Å². The number of aryl methyl sites for hydroxylation is 1. The number of hydrogen-bond donors (Lipinski definition) is 1. The molecular formula is C19H30N2O3. The van der Waals surface area contributed by atoms with Gasteiger partial charge in [0, 0.05) is 25.3 Å². The second kappa shape index (κ2) is 7.77. The number of rotatable bonds is 4. The van der Waals surface area contributed by atoms with Gasteiger partial charge in [-0.3, -0.25) is 0 Å². The maximum Gasteiger partial charge on any atom is 0.410 e. The zero-order valence-electron chi connectivity index (χ0n) is 15.5. The summed E-state index contributed by atoms with van der Waals surface area (Å²) in [6.07, 6.45) is 1.81. The maximum atomic E-state index is 12.1. The van der Waals surface area contributed by atoms with Crippen LogP contribution in [0.5, 0.6) is 5.75 Å². The molecule has 5 heteroatoms. The topological polar surface area (TPSA) is 50.8 Å². The van der Waals surface area contributed by atoms with Crippen LogP contribution in [0.4, 0.5) is 10.5 Å². The van der Waals surface area contributed by atoms with E-state index in [0.717, 1.165) is 43.9 Å². The lowest BCUT2D eigenvalue weighted by Crippen LogP contribution is -2.42. The highest BCUT2D eigenvalue weighted by atomic mass is 16.6. The number of carbonyl (C=O) groups excluding carboxylic acids is 1. The van der Waals surface area contributed by atoms with E-state index in [9.17, 15) is 4.79 Å². The van der Waals surface area contributed by atoms with Gasteiger partial charge in [-0.1, -0.05) is 0 Å². The summed E-state index contributed by atoms with van der Waals surface area (Å²) in [7, 11) is 1.68. The molecule has 2 rings (SSSR count). The molecule has 0 aliphatic carbocycles. The van der Waals surface area contributed by atoms with Crippen molar-refractivity contribution in [3.63, 3.8) is 0 Å². The quantitative estimate of drug-likeness (QED) is 0.902. The second-order valence-corrected chi connectivity index (χ2v) is 7.47. The van der Waals surface area contributed by atoms with Gasteiger partial charge in [-0.2, -0.15) is 0 Å². The molecule has 1 aromatic rings. The highest BCUT2D eigenvalue weighted by Gasteiger charge is 2.26. The van der Waals surface area contributed by atoms with Crippen molar-refractivity contribution in [3.8, 4) is 5.75 Å². The number of anilines is 1. The third-order valence-electron chi connectivity index (χ3n) is 4.28. The Morgan fingerprint density at radius 3 is 2.50 bits per heavy atom. The zero-order chi connectivity index (χ0) is 17.7. The first-order chi connectivity index (χ1) is 11.3. The van der Waals surface area contributed by atoms with Crippen molar-refractivity contribution < 1.29 is 14.3 Å². The molecule has 134 valence electrons. The van der Waals surface area contributed by atoms with Crippen molar-refractivity contribution in [2.75, 3.05) is 32.1 Å². The predicted molar refractivity (Wildman–Crippen MR) is 96.8 cm³/mol. The van der Waals surface area contributed by atoms with Crippen molar-refractivity contribution in [2.24, 2.45) is 5.92 Å². The fourth-order valence-corrected chi connectivity index (χ4v) is 2.86. The Hall–Kier alpha value is -1.91. The molecule has 1 amide bonds. The van der Waals surface area contributed by atoms with Gasteiger partial charge >= 0.3 is 6.09 Å². The number of hydrogen-bond acceptors (Lipinski definition) is 4. The first-order valence-electron chi connectivity index (χ1n) is 8.65. The largest absolute Gasteiger partial charge is 0.497 e. The van der Waals surface area contributed by atoms with Crippen LogP contribution in [0.15, 0.2) is 18.2 Å². The number of piperidine rings is 1. The van der Waals surface area contributed by atoms with Gasteiger partial charge in [0.15, 0.2) is 0 Å². The maximum absolute atomic E-state index is 12.1. The lowest BCUT2D eigenvalue weighted by atomic mass is 9.97. The van der Waals surface area contributed by atoms with Crippen molar-refractivity contribution in [2.45, 2.75) is 46.1 Å². The first-order valence-corrected chi connectivity index (χ1v) is 8.65. The van der Waals surface area contributed by atoms with Crippen molar-refractivity contribution in [1.82, 2.24) is 4.90 Å². The Bertz CT molecular complexity index is 558. The summed E-state index contributed by atoms with van der Waals surface area (Å²) in [6, 6.07) is 6.07. The molecule has 0 unspecified atom stereocenters. The zero-order valence-corrected chi connectivity index (χ0v) is 15.5. The lowest BCUT2D eigenvalue weighted by Gasteiger charge is -2.33. The SMILES string of the molecule is COc1ccc(NCC2CCN(C(=O)OC(C)(C)C)CC2)c(C)c1. The van der Waals surface area contributed by atoms with Gasteiger partial charge in [0.2, 0.25) is 0 Å². The molecule has 1 N–H and O–H groups in total. The average Bonchev–Trinajstić information content (AvgIpc) is 2.52. The van der Waals surface area contributed by atoms with Crippen LogP contribution >= 0.6 is 0 Å². The summed E-state index contributed by atoms with van der Waals surface area (Å²) in [5, 5.41) is 3.53. The predicted octanol–water partition coefficient (Wildman–Crippen LogP) is 4.06. The average molecular weight is 334 g/mol. The van der Waals surface area contributed by atoms with Crippen LogP contribution in [-0.4, -0.2) is 43.3 Å². The van der Waals surface area contributed by atoms with Gasteiger partial charge in [0.25, 0.3) is 0 Å². The van der Waals surface area contributed by atoms with Gasteiger partial charge in [0.1, 0.15) is 11.4 Å². The molecule has 1 aliphatic heterocycles. The van der Waals surface area contributed by atoms with E-state index in [-0.39, 0.29) is 6.09 Å². The fraction of sp³-hybridized carbons (Fsp3) is 0.632. The third kappa shape index (κ3) is 5.32.